The van der Waals surface area contributed by atoms with Gasteiger partial charge in [0, 0.05) is 24.8 Å². The number of rotatable bonds is 7. The lowest BCUT2D eigenvalue weighted by atomic mass is 10.1. The van der Waals surface area contributed by atoms with Gasteiger partial charge in [0.2, 0.25) is 15.9 Å². The third-order valence-corrected chi connectivity index (χ3v) is 7.94. The Morgan fingerprint density at radius 3 is 2.35 bits per heavy atom. The molecule has 0 aliphatic carbocycles. The van der Waals surface area contributed by atoms with Gasteiger partial charge in [-0.05, 0) is 63.9 Å². The Morgan fingerprint density at radius 2 is 1.71 bits per heavy atom. The molecule has 2 aromatic rings. The zero-order valence-corrected chi connectivity index (χ0v) is 19.7. The first-order chi connectivity index (χ1) is 14.7. The van der Waals surface area contributed by atoms with E-state index in [1.165, 1.54) is 5.56 Å². The summed E-state index contributed by atoms with van der Waals surface area (Å²) in [4.78, 5) is 14.9. The number of sulfonamides is 1. The van der Waals surface area contributed by atoms with Gasteiger partial charge in [-0.3, -0.25) is 9.69 Å². The summed E-state index contributed by atoms with van der Waals surface area (Å²) in [6, 6.07) is 13.3. The molecular weight excluding hydrogens is 410 g/mol. The van der Waals surface area contributed by atoms with Crippen molar-refractivity contribution in [3.8, 4) is 0 Å². The van der Waals surface area contributed by atoms with E-state index in [9.17, 15) is 13.2 Å². The van der Waals surface area contributed by atoms with Crippen LogP contribution in [0.5, 0.6) is 0 Å². The van der Waals surface area contributed by atoms with Crippen LogP contribution in [0.4, 0.5) is 5.69 Å². The topological polar surface area (TPSA) is 69.7 Å². The van der Waals surface area contributed by atoms with E-state index in [2.05, 4.69) is 36.5 Å². The van der Waals surface area contributed by atoms with Crippen LogP contribution >= 0.6 is 0 Å². The lowest BCUT2D eigenvalue weighted by molar-refractivity contribution is -0.117. The lowest BCUT2D eigenvalue weighted by Gasteiger charge is -2.26. The second-order valence-corrected chi connectivity index (χ2v) is 10.4. The normalized spacial score (nSPS) is 16.3. The van der Waals surface area contributed by atoms with E-state index >= 15 is 0 Å². The van der Waals surface area contributed by atoms with Gasteiger partial charge in [0.05, 0.1) is 11.4 Å². The number of aryl methyl sites for hydroxylation is 2. The smallest absolute Gasteiger partial charge is 0.243 e. The van der Waals surface area contributed by atoms with Crippen molar-refractivity contribution in [1.29, 1.82) is 0 Å². The molecule has 168 valence electrons. The van der Waals surface area contributed by atoms with Crippen LogP contribution in [0.25, 0.3) is 0 Å². The summed E-state index contributed by atoms with van der Waals surface area (Å²) in [7, 11) is -1.63. The van der Waals surface area contributed by atoms with Gasteiger partial charge in [0.15, 0.2) is 0 Å². The Labute approximate surface area is 186 Å². The molecule has 3 rings (SSSR count). The van der Waals surface area contributed by atoms with E-state index in [4.69, 9.17) is 0 Å². The zero-order chi connectivity index (χ0) is 22.6. The molecule has 1 amide bonds. The Morgan fingerprint density at radius 1 is 1.06 bits per heavy atom. The van der Waals surface area contributed by atoms with E-state index in [-0.39, 0.29) is 23.4 Å². The summed E-state index contributed by atoms with van der Waals surface area (Å²) in [5.74, 6) is -0.169. The van der Waals surface area contributed by atoms with Crippen LogP contribution in [0.15, 0.2) is 47.4 Å². The highest BCUT2D eigenvalue weighted by molar-refractivity contribution is 7.89. The number of amides is 1. The molecule has 0 saturated carbocycles. The number of nitrogens with zero attached hydrogens (tertiary/aromatic N) is 2. The highest BCUT2D eigenvalue weighted by Gasteiger charge is 2.26. The number of benzene rings is 2. The minimum atomic E-state index is -3.54. The second kappa shape index (κ2) is 9.94. The number of carbonyl (C=O) groups is 1. The molecule has 1 atom stereocenters. The predicted octanol–water partition coefficient (Wildman–Crippen LogP) is 4.11. The zero-order valence-electron chi connectivity index (χ0n) is 18.9. The van der Waals surface area contributed by atoms with Gasteiger partial charge in [0.1, 0.15) is 0 Å². The van der Waals surface area contributed by atoms with Crippen molar-refractivity contribution in [1.82, 2.24) is 9.21 Å². The molecule has 2 aromatic carbocycles. The first-order valence-electron chi connectivity index (χ1n) is 10.9. The number of likely N-dealkylation sites (N-methyl/N-ethyl adjacent to an activating group) is 1. The summed E-state index contributed by atoms with van der Waals surface area (Å²) in [5, 5.41) is 2.91. The van der Waals surface area contributed by atoms with Crippen molar-refractivity contribution in [2.75, 3.05) is 32.0 Å². The molecule has 0 radical (unpaired) electrons. The number of hydrogen-bond donors (Lipinski definition) is 1. The standard InChI is InChI=1S/C24H33N3O3S/c1-18-8-11-21(12-9-18)20(3)26(4)17-24(28)25-23-16-22(13-10-19(23)2)31(29,30)27-14-6-5-7-15-27/h8-13,16,20H,5-7,14-15,17H2,1-4H3,(H,25,28). The molecule has 0 spiro atoms. The second-order valence-electron chi connectivity index (χ2n) is 8.49. The molecule has 1 heterocycles. The molecule has 31 heavy (non-hydrogen) atoms. The Hall–Kier alpha value is -2.22. The van der Waals surface area contributed by atoms with E-state index in [1.807, 2.05) is 25.8 Å². The molecular formula is C24H33N3O3S. The molecule has 1 saturated heterocycles. The largest absolute Gasteiger partial charge is 0.325 e. The van der Waals surface area contributed by atoms with Crippen LogP contribution < -0.4 is 5.32 Å². The summed E-state index contributed by atoms with van der Waals surface area (Å²) in [6.45, 7) is 7.30. The summed E-state index contributed by atoms with van der Waals surface area (Å²) in [5.41, 5.74) is 3.72. The van der Waals surface area contributed by atoms with Crippen molar-refractivity contribution in [3.05, 3.63) is 59.2 Å². The number of nitrogens with one attached hydrogen (secondary N) is 1. The maximum Gasteiger partial charge on any atom is 0.243 e. The number of carbonyl (C=O) groups excluding carboxylic acids is 1. The van der Waals surface area contributed by atoms with Crippen molar-refractivity contribution >= 4 is 21.6 Å². The predicted molar refractivity (Wildman–Crippen MR) is 125 cm³/mol. The Bertz CT molecular complexity index is 1010. The Balaban J connectivity index is 1.69. The monoisotopic (exact) mass is 443 g/mol. The molecule has 1 aliphatic heterocycles. The van der Waals surface area contributed by atoms with Gasteiger partial charge < -0.3 is 5.32 Å². The van der Waals surface area contributed by atoms with E-state index in [0.29, 0.717) is 18.8 Å². The van der Waals surface area contributed by atoms with E-state index in [0.717, 1.165) is 30.4 Å². The molecule has 1 aliphatic rings. The van der Waals surface area contributed by atoms with Crippen LogP contribution in [0.1, 0.15) is 48.9 Å². The Kier molecular flexibility index (Phi) is 7.51. The first kappa shape index (κ1) is 23.4. The van der Waals surface area contributed by atoms with Crippen LogP contribution in [0, 0.1) is 13.8 Å². The van der Waals surface area contributed by atoms with Crippen molar-refractivity contribution < 1.29 is 13.2 Å². The minimum Gasteiger partial charge on any atom is -0.325 e. The molecule has 1 N–H and O–H groups in total. The fourth-order valence-corrected chi connectivity index (χ4v) is 5.35. The molecule has 0 aromatic heterocycles. The van der Waals surface area contributed by atoms with E-state index in [1.54, 1.807) is 22.5 Å². The molecule has 1 fully saturated rings. The van der Waals surface area contributed by atoms with Gasteiger partial charge in [-0.2, -0.15) is 4.31 Å². The highest BCUT2D eigenvalue weighted by atomic mass is 32.2. The lowest BCUT2D eigenvalue weighted by Crippen LogP contribution is -2.35. The molecule has 0 bridgehead atoms. The highest BCUT2D eigenvalue weighted by Crippen LogP contribution is 2.25. The average molecular weight is 444 g/mol. The van der Waals surface area contributed by atoms with Crippen LogP contribution in [-0.4, -0.2) is 50.2 Å². The van der Waals surface area contributed by atoms with Gasteiger partial charge in [-0.1, -0.05) is 42.3 Å². The van der Waals surface area contributed by atoms with Gasteiger partial charge in [0.25, 0.3) is 0 Å². The van der Waals surface area contributed by atoms with Crippen LogP contribution in [-0.2, 0) is 14.8 Å². The molecule has 7 heteroatoms. The third-order valence-electron chi connectivity index (χ3n) is 6.05. The molecule has 1 unspecified atom stereocenters. The average Bonchev–Trinajstić information content (AvgIpc) is 2.75. The first-order valence-corrected chi connectivity index (χ1v) is 12.3. The van der Waals surface area contributed by atoms with E-state index < -0.39 is 10.0 Å². The summed E-state index contributed by atoms with van der Waals surface area (Å²) < 4.78 is 27.5. The van der Waals surface area contributed by atoms with Crippen molar-refractivity contribution in [2.24, 2.45) is 0 Å². The minimum absolute atomic E-state index is 0.0817. The van der Waals surface area contributed by atoms with Crippen molar-refractivity contribution in [3.63, 3.8) is 0 Å². The summed E-state index contributed by atoms with van der Waals surface area (Å²) in [6.07, 6.45) is 2.84. The third kappa shape index (κ3) is 5.73. The SMILES string of the molecule is Cc1ccc(C(C)N(C)CC(=O)Nc2cc(S(=O)(=O)N3CCCCC3)ccc2C)cc1. The van der Waals surface area contributed by atoms with Gasteiger partial charge >= 0.3 is 0 Å². The van der Waals surface area contributed by atoms with Crippen molar-refractivity contribution in [2.45, 2.75) is 51.0 Å². The fourth-order valence-electron chi connectivity index (χ4n) is 3.80. The van der Waals surface area contributed by atoms with Crippen LogP contribution in [0.3, 0.4) is 0 Å². The quantitative estimate of drug-likeness (QED) is 0.699. The number of piperidine rings is 1. The summed E-state index contributed by atoms with van der Waals surface area (Å²) >= 11 is 0. The van der Waals surface area contributed by atoms with Gasteiger partial charge in [-0.15, -0.1) is 0 Å². The molecule has 6 nitrogen and oxygen atoms in total. The number of anilines is 1. The number of hydrogen-bond acceptors (Lipinski definition) is 4. The van der Waals surface area contributed by atoms with Crippen LogP contribution in [0.2, 0.25) is 0 Å². The van der Waals surface area contributed by atoms with Gasteiger partial charge in [-0.25, -0.2) is 8.42 Å². The fraction of sp³-hybridized carbons (Fsp3) is 0.458. The maximum absolute atomic E-state index is 13.0. The maximum atomic E-state index is 13.0.